The van der Waals surface area contributed by atoms with E-state index in [0.29, 0.717) is 0 Å². The second kappa shape index (κ2) is 22.3. The summed E-state index contributed by atoms with van der Waals surface area (Å²) in [5, 5.41) is 12.8. The first-order chi connectivity index (χ1) is 12.0. The zero-order chi connectivity index (χ0) is 18.8. The number of hydrogen-bond donors (Lipinski definition) is 1. The smallest absolute Gasteiger partial charge is 0.130 e. The van der Waals surface area contributed by atoms with E-state index in [4.69, 9.17) is 0 Å². The second-order valence-corrected chi connectivity index (χ2v) is 8.31. The van der Waals surface area contributed by atoms with Crippen LogP contribution in [0.3, 0.4) is 0 Å². The van der Waals surface area contributed by atoms with Gasteiger partial charge in [-0.1, -0.05) is 96.8 Å². The lowest BCUT2D eigenvalue weighted by Crippen LogP contribution is -3.00. The van der Waals surface area contributed by atoms with Crippen molar-refractivity contribution < 1.29 is 40.0 Å². The molecule has 5 heteroatoms. The molecule has 0 aliphatic heterocycles. The molecule has 0 aromatic rings. The molecular weight excluding hydrogens is 381 g/mol. The third-order valence-corrected chi connectivity index (χ3v) is 5.24. The van der Waals surface area contributed by atoms with Gasteiger partial charge < -0.3 is 40.0 Å². The predicted octanol–water partition coefficient (Wildman–Crippen LogP) is -1.65. The van der Waals surface area contributed by atoms with Gasteiger partial charge in [-0.25, -0.2) is 0 Å². The van der Waals surface area contributed by atoms with Crippen LogP contribution >= 0.6 is 0 Å². The van der Waals surface area contributed by atoms with Gasteiger partial charge in [-0.3, -0.25) is 0 Å². The van der Waals surface area contributed by atoms with Gasteiger partial charge in [0.15, 0.2) is 0 Å². The van der Waals surface area contributed by atoms with E-state index in [2.05, 4.69) is 6.92 Å². The molecule has 0 amide bonds. The molecule has 0 atom stereocenters. The molecule has 0 saturated carbocycles. The molecule has 2 N–H and O–H groups in total. The number of unbranched alkanes of at least 4 members (excludes halogenated alkanes) is 15. The Morgan fingerprint density at radius 3 is 1.26 bits per heavy atom. The van der Waals surface area contributed by atoms with Gasteiger partial charge in [0, 0.05) is 0 Å². The number of nitrogens with two attached hydrogens (primary N) is 1. The number of rotatable bonds is 19. The molecule has 0 heterocycles. The summed E-state index contributed by atoms with van der Waals surface area (Å²) in [4.78, 5) is 10.9. The number of carbonyl (C=O) groups excluding carboxylic acids is 1. The summed E-state index contributed by atoms with van der Waals surface area (Å²) in [5.41, 5.74) is -0.782. The monoisotopic (exact) mass is 425 g/mol. The molecule has 0 fully saturated rings. The van der Waals surface area contributed by atoms with E-state index in [1.54, 1.807) is 13.8 Å². The summed E-state index contributed by atoms with van der Waals surface area (Å²) in [6, 6.07) is 0. The summed E-state index contributed by atoms with van der Waals surface area (Å²) in [6.45, 7) is 6.60. The minimum absolute atomic E-state index is 0. The number of hydrogen-bond acceptors (Lipinski definition) is 2. The highest BCUT2D eigenvalue weighted by Crippen LogP contribution is 2.13. The molecular formula is C22H45Cl2NO2-2. The van der Waals surface area contributed by atoms with Crippen LogP contribution in [0.4, 0.5) is 0 Å². The molecule has 0 radical (unpaired) electrons. The topological polar surface area (TPSA) is 56.7 Å². The number of aliphatic carboxylic acids is 1. The molecule has 0 bridgehead atoms. The quantitative estimate of drug-likeness (QED) is 0.252. The molecule has 0 spiro atoms. The minimum Gasteiger partial charge on any atom is -1.00 e. The largest absolute Gasteiger partial charge is 1.00 e. The summed E-state index contributed by atoms with van der Waals surface area (Å²) in [7, 11) is 0. The molecule has 0 aliphatic carbocycles. The van der Waals surface area contributed by atoms with E-state index in [1.165, 1.54) is 96.3 Å². The van der Waals surface area contributed by atoms with Crippen LogP contribution in [0.2, 0.25) is 0 Å². The van der Waals surface area contributed by atoms with Gasteiger partial charge >= 0.3 is 0 Å². The Hall–Kier alpha value is 0.01000. The standard InChI is InChI=1S/C22H45NO2.2ClH/c1-4-5-6-7-8-9-10-11-12-13-14-15-16-17-18-19-20-23-22(2,3)21(24)25;;/h23H,4-20H2,1-3H3,(H,24,25);2*1H/p-2. The summed E-state index contributed by atoms with van der Waals surface area (Å²) >= 11 is 0. The number of halogens is 2. The Morgan fingerprint density at radius 2 is 0.963 bits per heavy atom. The van der Waals surface area contributed by atoms with Crippen LogP contribution < -0.4 is 35.2 Å². The number of quaternary nitrogens is 1. The first-order valence-corrected chi connectivity index (χ1v) is 11.1. The lowest BCUT2D eigenvalue weighted by Gasteiger charge is -2.23. The highest BCUT2D eigenvalue weighted by Gasteiger charge is 2.21. The van der Waals surface area contributed by atoms with Crippen molar-refractivity contribution in [3.05, 3.63) is 0 Å². The van der Waals surface area contributed by atoms with E-state index in [1.807, 2.05) is 5.32 Å². The molecule has 0 aliphatic rings. The predicted molar refractivity (Wildman–Crippen MR) is 105 cm³/mol. The van der Waals surface area contributed by atoms with Gasteiger partial charge in [-0.15, -0.1) is 0 Å². The van der Waals surface area contributed by atoms with Gasteiger partial charge in [0.25, 0.3) is 0 Å². The van der Waals surface area contributed by atoms with Crippen molar-refractivity contribution >= 4 is 5.97 Å². The fourth-order valence-corrected chi connectivity index (χ4v) is 3.24. The maximum atomic E-state index is 10.9. The first kappa shape index (κ1) is 31.7. The highest BCUT2D eigenvalue weighted by molar-refractivity contribution is 5.73. The van der Waals surface area contributed by atoms with E-state index < -0.39 is 11.5 Å². The Morgan fingerprint density at radius 1 is 0.667 bits per heavy atom. The number of carboxylic acid groups (broad SMARTS) is 1. The Bertz CT molecular complexity index is 313. The van der Waals surface area contributed by atoms with Crippen LogP contribution in [0, 0.1) is 0 Å². The van der Waals surface area contributed by atoms with Gasteiger partial charge in [-0.2, -0.15) is 0 Å². The van der Waals surface area contributed by atoms with Crippen molar-refractivity contribution in [2.24, 2.45) is 0 Å². The van der Waals surface area contributed by atoms with Gasteiger partial charge in [0.05, 0.1) is 6.54 Å². The molecule has 0 aromatic carbocycles. The highest BCUT2D eigenvalue weighted by atomic mass is 35.5. The SMILES string of the molecule is CCCCCCCCCCCCCCCCCC[NH2+]C(C)(C)C(=O)[O-].[Cl-].[Cl-]. The second-order valence-electron chi connectivity index (χ2n) is 8.31. The average molecular weight is 427 g/mol. The van der Waals surface area contributed by atoms with Crippen molar-refractivity contribution in [1.82, 2.24) is 0 Å². The summed E-state index contributed by atoms with van der Waals surface area (Å²) < 4.78 is 0. The third kappa shape index (κ3) is 22.2. The Kier molecular flexibility index (Phi) is 26.2. The summed E-state index contributed by atoms with van der Waals surface area (Å²) in [5.74, 6) is -0.969. The van der Waals surface area contributed by atoms with E-state index in [-0.39, 0.29) is 24.8 Å². The van der Waals surface area contributed by atoms with Crippen LogP contribution in [-0.2, 0) is 4.79 Å². The number of carboxylic acids is 1. The van der Waals surface area contributed by atoms with E-state index in [0.717, 1.165) is 13.0 Å². The van der Waals surface area contributed by atoms with Crippen LogP contribution in [-0.4, -0.2) is 18.1 Å². The van der Waals surface area contributed by atoms with Gasteiger partial charge in [0.2, 0.25) is 0 Å². The van der Waals surface area contributed by atoms with Crippen molar-refractivity contribution in [2.45, 2.75) is 129 Å². The normalized spacial score (nSPS) is 10.9. The van der Waals surface area contributed by atoms with Gasteiger partial charge in [0.1, 0.15) is 11.5 Å². The molecule has 3 nitrogen and oxygen atoms in total. The van der Waals surface area contributed by atoms with Gasteiger partial charge in [-0.05, 0) is 26.7 Å². The van der Waals surface area contributed by atoms with E-state index in [9.17, 15) is 9.90 Å². The van der Waals surface area contributed by atoms with Crippen LogP contribution in [0.1, 0.15) is 124 Å². The molecule has 0 saturated heterocycles. The maximum absolute atomic E-state index is 10.9. The van der Waals surface area contributed by atoms with Crippen LogP contribution in [0.15, 0.2) is 0 Å². The number of carbonyl (C=O) groups is 1. The summed E-state index contributed by atoms with van der Waals surface area (Å²) in [6.07, 6.45) is 21.9. The lowest BCUT2D eigenvalue weighted by atomic mass is 10.0. The first-order valence-electron chi connectivity index (χ1n) is 11.1. The van der Waals surface area contributed by atoms with Crippen molar-refractivity contribution in [3.63, 3.8) is 0 Å². The third-order valence-electron chi connectivity index (χ3n) is 5.24. The fourth-order valence-electron chi connectivity index (χ4n) is 3.24. The molecule has 0 unspecified atom stereocenters. The zero-order valence-corrected chi connectivity index (χ0v) is 19.7. The molecule has 166 valence electrons. The minimum atomic E-state index is -0.969. The zero-order valence-electron chi connectivity index (χ0n) is 18.2. The average Bonchev–Trinajstić information content (AvgIpc) is 2.57. The van der Waals surface area contributed by atoms with Crippen molar-refractivity contribution in [1.29, 1.82) is 0 Å². The van der Waals surface area contributed by atoms with Crippen molar-refractivity contribution in [2.75, 3.05) is 6.54 Å². The van der Waals surface area contributed by atoms with E-state index >= 15 is 0 Å². The van der Waals surface area contributed by atoms with Crippen LogP contribution in [0.5, 0.6) is 0 Å². The molecule has 0 aromatic heterocycles. The maximum Gasteiger partial charge on any atom is 0.130 e. The molecule has 0 rings (SSSR count). The van der Waals surface area contributed by atoms with Crippen molar-refractivity contribution in [3.8, 4) is 0 Å². The fraction of sp³-hybridized carbons (Fsp3) is 0.955. The Balaban J connectivity index is -0.00000288. The molecule has 27 heavy (non-hydrogen) atoms. The lowest BCUT2D eigenvalue weighted by molar-refractivity contribution is -0.713. The van der Waals surface area contributed by atoms with Crippen LogP contribution in [0.25, 0.3) is 0 Å². The Labute approximate surface area is 181 Å².